The third-order valence-electron chi connectivity index (χ3n) is 2.76. The zero-order chi connectivity index (χ0) is 14.8. The van der Waals surface area contributed by atoms with Crippen molar-refractivity contribution in [3.05, 3.63) is 46.1 Å². The molecular formula is C13H14FNO4S. The number of rotatable bonds is 5. The maximum Gasteiger partial charge on any atom is 0.264 e. The summed E-state index contributed by atoms with van der Waals surface area (Å²) in [4.78, 5) is 14.4. The predicted octanol–water partition coefficient (Wildman–Crippen LogP) is 1.58. The number of halogens is 1. The topological polar surface area (TPSA) is 76.2 Å². The number of pyridine rings is 1. The van der Waals surface area contributed by atoms with Crippen molar-refractivity contribution in [2.75, 3.05) is 12.9 Å². The summed E-state index contributed by atoms with van der Waals surface area (Å²) >= 11 is 0. The Morgan fingerprint density at radius 1 is 1.35 bits per heavy atom. The van der Waals surface area contributed by atoms with E-state index in [1.54, 1.807) is 12.1 Å². The first-order valence-electron chi connectivity index (χ1n) is 6.01. The van der Waals surface area contributed by atoms with Crippen LogP contribution in [0.5, 0.6) is 0 Å². The molecule has 7 heteroatoms. The van der Waals surface area contributed by atoms with Gasteiger partial charge in [-0.1, -0.05) is 12.1 Å². The second-order valence-electron chi connectivity index (χ2n) is 4.46. The third-order valence-corrected chi connectivity index (χ3v) is 3.36. The van der Waals surface area contributed by atoms with Gasteiger partial charge in [0.15, 0.2) is 0 Å². The first-order valence-corrected chi connectivity index (χ1v) is 7.83. The predicted molar refractivity (Wildman–Crippen MR) is 73.6 cm³/mol. The standard InChI is InChI=1S/C13H14FNO4S/c1-20(17,18)19-7-3-5-10-8-9-4-2-6-11(14)12(9)13(16)15-10/h2,4,6,8H,3,5,7H2,1H3,(H,15,16). The van der Waals surface area contributed by atoms with Crippen LogP contribution in [0.4, 0.5) is 4.39 Å². The van der Waals surface area contributed by atoms with Crippen molar-refractivity contribution in [2.24, 2.45) is 0 Å². The second kappa shape index (κ2) is 5.72. The summed E-state index contributed by atoms with van der Waals surface area (Å²) in [5.41, 5.74) is 0.129. The molecule has 0 atom stereocenters. The van der Waals surface area contributed by atoms with Gasteiger partial charge in [-0.2, -0.15) is 8.42 Å². The number of hydrogen-bond donors (Lipinski definition) is 1. The van der Waals surface area contributed by atoms with E-state index in [2.05, 4.69) is 9.17 Å². The van der Waals surface area contributed by atoms with Gasteiger partial charge < -0.3 is 4.98 Å². The van der Waals surface area contributed by atoms with Crippen molar-refractivity contribution in [1.29, 1.82) is 0 Å². The Labute approximate surface area is 115 Å². The molecule has 0 saturated heterocycles. The second-order valence-corrected chi connectivity index (χ2v) is 6.10. The summed E-state index contributed by atoms with van der Waals surface area (Å²) in [6.07, 6.45) is 1.86. The average Bonchev–Trinajstić information content (AvgIpc) is 2.33. The van der Waals surface area contributed by atoms with Crippen LogP contribution in [0.2, 0.25) is 0 Å². The summed E-state index contributed by atoms with van der Waals surface area (Å²) in [6.45, 7) is 0.0437. The molecular weight excluding hydrogens is 285 g/mol. The molecule has 0 aliphatic heterocycles. The van der Waals surface area contributed by atoms with Crippen LogP contribution >= 0.6 is 0 Å². The lowest BCUT2D eigenvalue weighted by Crippen LogP contribution is -2.12. The molecule has 2 aromatic rings. The van der Waals surface area contributed by atoms with Gasteiger partial charge in [-0.25, -0.2) is 4.39 Å². The number of nitrogens with one attached hydrogen (secondary N) is 1. The van der Waals surface area contributed by atoms with E-state index in [0.717, 1.165) is 6.26 Å². The van der Waals surface area contributed by atoms with Crippen molar-refractivity contribution in [1.82, 2.24) is 4.98 Å². The van der Waals surface area contributed by atoms with Crippen molar-refractivity contribution in [3.63, 3.8) is 0 Å². The normalized spacial score (nSPS) is 11.9. The third kappa shape index (κ3) is 3.64. The quantitative estimate of drug-likeness (QED) is 0.671. The molecule has 0 spiro atoms. The molecule has 5 nitrogen and oxygen atoms in total. The van der Waals surface area contributed by atoms with E-state index >= 15 is 0 Å². The van der Waals surface area contributed by atoms with Crippen LogP contribution in [0, 0.1) is 5.82 Å². The fourth-order valence-corrected chi connectivity index (χ4v) is 2.36. The number of aryl methyl sites for hydroxylation is 1. The van der Waals surface area contributed by atoms with Crippen molar-refractivity contribution in [2.45, 2.75) is 12.8 Å². The Kier molecular flexibility index (Phi) is 4.20. The molecule has 0 aliphatic carbocycles. The van der Waals surface area contributed by atoms with E-state index in [9.17, 15) is 17.6 Å². The SMILES string of the molecule is CS(=O)(=O)OCCCc1cc2cccc(F)c2c(=O)[nH]1. The molecule has 0 unspecified atom stereocenters. The van der Waals surface area contributed by atoms with E-state index in [1.165, 1.54) is 12.1 Å². The Hall–Kier alpha value is -1.73. The highest BCUT2D eigenvalue weighted by Crippen LogP contribution is 2.14. The number of aromatic amines is 1. The molecule has 2 rings (SSSR count). The minimum atomic E-state index is -3.45. The summed E-state index contributed by atoms with van der Waals surface area (Å²) in [7, 11) is -3.45. The molecule has 1 aromatic heterocycles. The van der Waals surface area contributed by atoms with E-state index in [0.29, 0.717) is 23.9 Å². The van der Waals surface area contributed by atoms with E-state index in [-0.39, 0.29) is 12.0 Å². The minimum absolute atomic E-state index is 0.0311. The van der Waals surface area contributed by atoms with Gasteiger partial charge in [0, 0.05) is 5.69 Å². The van der Waals surface area contributed by atoms with Crippen LogP contribution in [0.25, 0.3) is 10.8 Å². The van der Waals surface area contributed by atoms with Gasteiger partial charge >= 0.3 is 0 Å². The van der Waals surface area contributed by atoms with Gasteiger partial charge in [-0.05, 0) is 30.4 Å². The molecule has 1 N–H and O–H groups in total. The van der Waals surface area contributed by atoms with Crippen molar-refractivity contribution in [3.8, 4) is 0 Å². The Bertz CT molecular complexity index is 783. The Balaban J connectivity index is 2.14. The zero-order valence-corrected chi connectivity index (χ0v) is 11.7. The lowest BCUT2D eigenvalue weighted by atomic mass is 10.1. The van der Waals surface area contributed by atoms with Gasteiger partial charge in [-0.3, -0.25) is 8.98 Å². The molecule has 0 radical (unpaired) electrons. The van der Waals surface area contributed by atoms with Gasteiger partial charge in [-0.15, -0.1) is 0 Å². The minimum Gasteiger partial charge on any atom is -0.326 e. The maximum absolute atomic E-state index is 13.5. The average molecular weight is 299 g/mol. The summed E-state index contributed by atoms with van der Waals surface area (Å²) < 4.78 is 39.7. The lowest BCUT2D eigenvalue weighted by Gasteiger charge is -2.05. The van der Waals surface area contributed by atoms with Gasteiger partial charge in [0.1, 0.15) is 5.82 Å². The number of hydrogen-bond acceptors (Lipinski definition) is 4. The Morgan fingerprint density at radius 2 is 2.10 bits per heavy atom. The molecule has 0 saturated carbocycles. The first kappa shape index (κ1) is 14.7. The lowest BCUT2D eigenvalue weighted by molar-refractivity contribution is 0.315. The molecule has 0 bridgehead atoms. The zero-order valence-electron chi connectivity index (χ0n) is 10.8. The number of benzene rings is 1. The number of H-pyrrole nitrogens is 1. The summed E-state index contributed by atoms with van der Waals surface area (Å²) in [5, 5.41) is 0.552. The van der Waals surface area contributed by atoms with E-state index < -0.39 is 21.5 Å². The van der Waals surface area contributed by atoms with Crippen molar-refractivity contribution < 1.29 is 17.0 Å². The largest absolute Gasteiger partial charge is 0.326 e. The highest BCUT2D eigenvalue weighted by molar-refractivity contribution is 7.85. The number of aromatic nitrogens is 1. The van der Waals surface area contributed by atoms with E-state index in [4.69, 9.17) is 0 Å². The Morgan fingerprint density at radius 3 is 2.80 bits per heavy atom. The van der Waals surface area contributed by atoms with Gasteiger partial charge in [0.05, 0.1) is 18.2 Å². The molecule has 1 heterocycles. The summed E-state index contributed by atoms with van der Waals surface area (Å²) in [5.74, 6) is -0.560. The van der Waals surface area contributed by atoms with Crippen LogP contribution in [0.3, 0.4) is 0 Å². The van der Waals surface area contributed by atoms with Crippen LogP contribution < -0.4 is 5.56 Å². The molecule has 20 heavy (non-hydrogen) atoms. The molecule has 0 fully saturated rings. The fraction of sp³-hybridized carbons (Fsp3) is 0.308. The van der Waals surface area contributed by atoms with Crippen molar-refractivity contribution >= 4 is 20.9 Å². The fourth-order valence-electron chi connectivity index (χ4n) is 1.94. The summed E-state index contributed by atoms with van der Waals surface area (Å²) in [6, 6.07) is 6.11. The van der Waals surface area contributed by atoms with Gasteiger partial charge in [0.25, 0.3) is 15.7 Å². The van der Waals surface area contributed by atoms with Crippen LogP contribution in [-0.2, 0) is 20.7 Å². The van der Waals surface area contributed by atoms with Crippen LogP contribution in [0.15, 0.2) is 29.1 Å². The molecule has 0 aliphatic rings. The van der Waals surface area contributed by atoms with E-state index in [1.807, 2.05) is 0 Å². The molecule has 0 amide bonds. The van der Waals surface area contributed by atoms with Crippen LogP contribution in [0.1, 0.15) is 12.1 Å². The highest BCUT2D eigenvalue weighted by atomic mass is 32.2. The molecule has 1 aromatic carbocycles. The maximum atomic E-state index is 13.5. The first-order chi connectivity index (χ1) is 9.37. The van der Waals surface area contributed by atoms with Gasteiger partial charge in [0.2, 0.25) is 0 Å². The molecule has 108 valence electrons. The smallest absolute Gasteiger partial charge is 0.264 e. The van der Waals surface area contributed by atoms with Crippen LogP contribution in [-0.4, -0.2) is 26.3 Å². The monoisotopic (exact) mass is 299 g/mol. The highest BCUT2D eigenvalue weighted by Gasteiger charge is 2.07. The number of fused-ring (bicyclic) bond motifs is 1.